The highest BCUT2D eigenvalue weighted by atomic mass is 16.4. The van der Waals surface area contributed by atoms with Crippen LogP contribution in [0.1, 0.15) is 12.5 Å². The number of nitrogens with two attached hydrogens (primary N) is 1. The Kier molecular flexibility index (Phi) is 7.05. The number of nitrogen functional groups attached to an aromatic ring is 1. The summed E-state index contributed by atoms with van der Waals surface area (Å²) < 4.78 is 0. The maximum absolute atomic E-state index is 9.98. The number of hydrogen-bond acceptors (Lipinski definition) is 7. The Morgan fingerprint density at radius 1 is 1.09 bits per heavy atom. The first-order valence-electron chi connectivity index (χ1n) is 7.24. The summed E-state index contributed by atoms with van der Waals surface area (Å²) in [6.45, 7) is 1.34. The summed E-state index contributed by atoms with van der Waals surface area (Å²) in [5.74, 6) is 0. The first kappa shape index (κ1) is 18.7. The monoisotopic (exact) mass is 314 g/mol. The standard InChI is InChI=1S/C15H26N2O5/c1-3-9-6-10(4-5-11(9)16)17(2)7-12(19)14(21)15(22)13(20)8-18/h4-6,12-15,18-22H,3,7-8,16H2,1-2H3. The minimum atomic E-state index is -1.62. The number of aliphatic hydroxyl groups excluding tert-OH is 5. The fourth-order valence-corrected chi connectivity index (χ4v) is 2.19. The molecule has 1 aromatic carbocycles. The van der Waals surface area contributed by atoms with E-state index in [1.165, 1.54) is 0 Å². The fraction of sp³-hybridized carbons (Fsp3) is 0.600. The molecule has 0 aliphatic rings. The maximum atomic E-state index is 9.98. The smallest absolute Gasteiger partial charge is 0.111 e. The van der Waals surface area contributed by atoms with E-state index in [1.54, 1.807) is 24.1 Å². The molecule has 7 heteroatoms. The average Bonchev–Trinajstić information content (AvgIpc) is 2.52. The van der Waals surface area contributed by atoms with Crippen LogP contribution < -0.4 is 10.6 Å². The van der Waals surface area contributed by atoms with E-state index in [0.717, 1.165) is 17.7 Å². The lowest BCUT2D eigenvalue weighted by Crippen LogP contribution is -2.49. The second-order valence-corrected chi connectivity index (χ2v) is 5.42. The van der Waals surface area contributed by atoms with Gasteiger partial charge >= 0.3 is 0 Å². The van der Waals surface area contributed by atoms with Crippen molar-refractivity contribution in [3.63, 3.8) is 0 Å². The largest absolute Gasteiger partial charge is 0.399 e. The zero-order valence-corrected chi connectivity index (χ0v) is 12.9. The van der Waals surface area contributed by atoms with Gasteiger partial charge in [-0.3, -0.25) is 0 Å². The van der Waals surface area contributed by atoms with Crippen molar-refractivity contribution < 1.29 is 25.5 Å². The molecule has 0 radical (unpaired) electrons. The number of nitrogens with zero attached hydrogens (tertiary/aromatic N) is 1. The van der Waals surface area contributed by atoms with Gasteiger partial charge in [0.05, 0.1) is 12.7 Å². The van der Waals surface area contributed by atoms with Crippen LogP contribution >= 0.6 is 0 Å². The second kappa shape index (κ2) is 8.30. The summed E-state index contributed by atoms with van der Waals surface area (Å²) in [4.78, 5) is 1.71. The molecule has 0 aliphatic heterocycles. The number of rotatable bonds is 8. The first-order chi connectivity index (χ1) is 10.3. The van der Waals surface area contributed by atoms with Crippen LogP contribution in [-0.2, 0) is 6.42 Å². The molecule has 0 fully saturated rings. The van der Waals surface area contributed by atoms with Crippen LogP contribution in [0.3, 0.4) is 0 Å². The van der Waals surface area contributed by atoms with Gasteiger partial charge in [-0.15, -0.1) is 0 Å². The zero-order chi connectivity index (χ0) is 16.9. The number of aliphatic hydroxyl groups is 5. The van der Waals surface area contributed by atoms with Gasteiger partial charge in [-0.05, 0) is 30.2 Å². The molecule has 4 unspecified atom stereocenters. The van der Waals surface area contributed by atoms with Gasteiger partial charge in [0.15, 0.2) is 0 Å². The molecule has 0 amide bonds. The molecule has 4 atom stereocenters. The Bertz CT molecular complexity index is 471. The van der Waals surface area contributed by atoms with Gasteiger partial charge < -0.3 is 36.2 Å². The topological polar surface area (TPSA) is 130 Å². The van der Waals surface area contributed by atoms with Gasteiger partial charge in [0, 0.05) is 25.0 Å². The van der Waals surface area contributed by atoms with Gasteiger partial charge in [0.1, 0.15) is 18.3 Å². The molecule has 7 N–H and O–H groups in total. The van der Waals surface area contributed by atoms with Crippen molar-refractivity contribution in [1.82, 2.24) is 0 Å². The first-order valence-corrected chi connectivity index (χ1v) is 7.24. The van der Waals surface area contributed by atoms with Gasteiger partial charge in [0.2, 0.25) is 0 Å². The van der Waals surface area contributed by atoms with Crippen molar-refractivity contribution >= 4 is 11.4 Å². The molecule has 0 saturated carbocycles. The summed E-state index contributed by atoms with van der Waals surface area (Å²) in [5.41, 5.74) is 8.34. The van der Waals surface area contributed by atoms with Crippen LogP contribution in [0, 0.1) is 0 Å². The van der Waals surface area contributed by atoms with E-state index in [-0.39, 0.29) is 6.54 Å². The van der Waals surface area contributed by atoms with E-state index in [2.05, 4.69) is 0 Å². The zero-order valence-electron chi connectivity index (χ0n) is 12.9. The number of likely N-dealkylation sites (N-methyl/N-ethyl adjacent to an activating group) is 1. The van der Waals surface area contributed by atoms with Gasteiger partial charge in [0.25, 0.3) is 0 Å². The highest BCUT2D eigenvalue weighted by Gasteiger charge is 2.30. The van der Waals surface area contributed by atoms with Gasteiger partial charge in [-0.25, -0.2) is 0 Å². The molecular weight excluding hydrogens is 288 g/mol. The van der Waals surface area contributed by atoms with Crippen molar-refractivity contribution in [3.8, 4) is 0 Å². The SMILES string of the molecule is CCc1cc(N(C)CC(O)C(O)C(O)C(O)CO)ccc1N. The van der Waals surface area contributed by atoms with E-state index in [1.807, 2.05) is 13.0 Å². The Morgan fingerprint density at radius 2 is 1.68 bits per heavy atom. The minimum absolute atomic E-state index is 0.0451. The van der Waals surface area contributed by atoms with E-state index in [9.17, 15) is 20.4 Å². The third kappa shape index (κ3) is 4.56. The van der Waals surface area contributed by atoms with E-state index < -0.39 is 31.0 Å². The molecule has 0 heterocycles. The van der Waals surface area contributed by atoms with E-state index in [0.29, 0.717) is 5.69 Å². The molecule has 0 saturated heterocycles. The molecule has 126 valence electrons. The average molecular weight is 314 g/mol. The van der Waals surface area contributed by atoms with Crippen molar-refractivity contribution in [2.45, 2.75) is 37.8 Å². The second-order valence-electron chi connectivity index (χ2n) is 5.42. The molecule has 1 rings (SSSR count). The van der Waals surface area contributed by atoms with Crippen LogP contribution in [0.4, 0.5) is 11.4 Å². The Hall–Kier alpha value is -1.38. The number of aryl methyl sites for hydroxylation is 1. The Balaban J connectivity index is 2.73. The maximum Gasteiger partial charge on any atom is 0.111 e. The van der Waals surface area contributed by atoms with Crippen molar-refractivity contribution in [3.05, 3.63) is 23.8 Å². The van der Waals surface area contributed by atoms with E-state index in [4.69, 9.17) is 10.8 Å². The number of benzene rings is 1. The lowest BCUT2D eigenvalue weighted by Gasteiger charge is -2.29. The summed E-state index contributed by atoms with van der Waals surface area (Å²) in [6.07, 6.45) is -5.20. The molecule has 1 aromatic rings. The van der Waals surface area contributed by atoms with Crippen molar-refractivity contribution in [1.29, 1.82) is 0 Å². The summed E-state index contributed by atoms with van der Waals surface area (Å²) in [7, 11) is 1.73. The van der Waals surface area contributed by atoms with Gasteiger partial charge in [-0.2, -0.15) is 0 Å². The quantitative estimate of drug-likeness (QED) is 0.329. The summed E-state index contributed by atoms with van der Waals surface area (Å²) >= 11 is 0. The fourth-order valence-electron chi connectivity index (χ4n) is 2.19. The molecule has 22 heavy (non-hydrogen) atoms. The minimum Gasteiger partial charge on any atom is -0.399 e. The number of hydrogen-bond donors (Lipinski definition) is 6. The predicted molar refractivity (Wildman–Crippen MR) is 84.6 cm³/mol. The van der Waals surface area contributed by atoms with Crippen molar-refractivity contribution in [2.75, 3.05) is 30.8 Å². The lowest BCUT2D eigenvalue weighted by molar-refractivity contribution is -0.112. The predicted octanol–water partition coefficient (Wildman–Crippen LogP) is -1.30. The molecule has 0 aliphatic carbocycles. The number of anilines is 2. The van der Waals surface area contributed by atoms with Crippen LogP contribution in [0.15, 0.2) is 18.2 Å². The molecule has 0 bridgehead atoms. The van der Waals surface area contributed by atoms with Crippen LogP contribution in [0.2, 0.25) is 0 Å². The highest BCUT2D eigenvalue weighted by molar-refractivity contribution is 5.58. The molecule has 0 spiro atoms. The highest BCUT2D eigenvalue weighted by Crippen LogP contribution is 2.21. The van der Waals surface area contributed by atoms with E-state index >= 15 is 0 Å². The normalized spacial score (nSPS) is 16.9. The molecular formula is C15H26N2O5. The summed E-state index contributed by atoms with van der Waals surface area (Å²) in [6, 6.07) is 5.47. The third-order valence-corrected chi connectivity index (χ3v) is 3.73. The Morgan fingerprint density at radius 3 is 2.23 bits per heavy atom. The Labute approximate surface area is 130 Å². The summed E-state index contributed by atoms with van der Waals surface area (Å²) in [5, 5.41) is 47.4. The van der Waals surface area contributed by atoms with Crippen molar-refractivity contribution in [2.24, 2.45) is 0 Å². The van der Waals surface area contributed by atoms with Crippen LogP contribution in [0.5, 0.6) is 0 Å². The van der Waals surface area contributed by atoms with Crippen LogP contribution in [0.25, 0.3) is 0 Å². The van der Waals surface area contributed by atoms with Gasteiger partial charge in [-0.1, -0.05) is 6.92 Å². The third-order valence-electron chi connectivity index (χ3n) is 3.73. The van der Waals surface area contributed by atoms with Crippen LogP contribution in [-0.4, -0.2) is 70.1 Å². The molecule has 0 aromatic heterocycles. The molecule has 7 nitrogen and oxygen atoms in total. The lowest BCUT2D eigenvalue weighted by atomic mass is 10.0.